The van der Waals surface area contributed by atoms with Crippen molar-refractivity contribution in [3.8, 4) is 5.75 Å². The molecule has 0 spiro atoms. The zero-order valence-corrected chi connectivity index (χ0v) is 20.1. The highest BCUT2D eigenvalue weighted by Gasteiger charge is 2.33. The molecule has 0 aliphatic carbocycles. The molecule has 4 rings (SSSR count). The van der Waals surface area contributed by atoms with Crippen molar-refractivity contribution in [1.82, 2.24) is 9.97 Å². The summed E-state index contributed by atoms with van der Waals surface area (Å²) in [6, 6.07) is 6.83. The fourth-order valence-corrected chi connectivity index (χ4v) is 2.86. The predicted molar refractivity (Wildman–Crippen MR) is 125 cm³/mol. The predicted octanol–water partition coefficient (Wildman–Crippen LogP) is 2.64. The van der Waals surface area contributed by atoms with Gasteiger partial charge in [-0.2, -0.15) is 0 Å². The van der Waals surface area contributed by atoms with Gasteiger partial charge < -0.3 is 40.3 Å². The van der Waals surface area contributed by atoms with E-state index in [1.165, 1.54) is 6.20 Å². The first-order valence-corrected chi connectivity index (χ1v) is 10.8. The maximum absolute atomic E-state index is 8.59. The minimum Gasteiger partial charge on any atom is -0.489 e. The summed E-state index contributed by atoms with van der Waals surface area (Å²) in [5, 5.41) is 9.20. The summed E-state index contributed by atoms with van der Waals surface area (Å²) in [6.07, 6.45) is 2.94. The average molecular weight is 485 g/mol. The SMILES string of the molecule is CC1(C)OC[C@@H](CO)O1.CC1(C)OC[C@@H](COc2ccc(N)nc2)O1.Nc1ccc(Cl)cn1. The molecule has 2 aromatic rings. The highest BCUT2D eigenvalue weighted by molar-refractivity contribution is 6.30. The molecule has 5 N–H and O–H groups in total. The second-order valence-electron chi connectivity index (χ2n) is 8.22. The number of aliphatic hydroxyl groups excluding tert-OH is 1. The zero-order chi connectivity index (χ0) is 24.5. The number of aliphatic hydroxyl groups is 1. The fourth-order valence-electron chi connectivity index (χ4n) is 2.75. The summed E-state index contributed by atoms with van der Waals surface area (Å²) in [5.41, 5.74) is 10.7. The standard InChI is InChI=1S/C11H16N2O3.C6H12O3.C5H5ClN2/c1-11(2)15-7-9(16-11)6-14-8-3-4-10(12)13-5-8;1-6(2)8-4-5(3-7)9-6;6-4-1-2-5(7)8-3-4/h3-5,9H,6-7H2,1-2H3,(H2,12,13);5,7H,3-4H2,1-2H3;1-3H,(H2,7,8)/t9-;5-;/m11./s1. The maximum atomic E-state index is 8.59. The van der Waals surface area contributed by atoms with Crippen LogP contribution in [0.4, 0.5) is 11.6 Å². The van der Waals surface area contributed by atoms with Crippen molar-refractivity contribution < 1.29 is 28.8 Å². The Morgan fingerprint density at radius 2 is 1.48 bits per heavy atom. The van der Waals surface area contributed by atoms with Gasteiger partial charge in [0.2, 0.25) is 0 Å². The van der Waals surface area contributed by atoms with E-state index in [1.54, 1.807) is 30.5 Å². The van der Waals surface area contributed by atoms with Crippen molar-refractivity contribution in [2.24, 2.45) is 0 Å². The van der Waals surface area contributed by atoms with Gasteiger partial charge in [0.15, 0.2) is 11.6 Å². The van der Waals surface area contributed by atoms with E-state index in [0.29, 0.717) is 42.2 Å². The monoisotopic (exact) mass is 484 g/mol. The molecule has 11 heteroatoms. The number of ether oxygens (including phenoxy) is 5. The number of nitrogen functional groups attached to an aromatic ring is 2. The lowest BCUT2D eigenvalue weighted by Gasteiger charge is -2.17. The molecule has 2 aromatic heterocycles. The Kier molecular flexibility index (Phi) is 10.1. The van der Waals surface area contributed by atoms with Crippen molar-refractivity contribution in [1.29, 1.82) is 0 Å². The first-order valence-electron chi connectivity index (χ1n) is 10.4. The Hall–Kier alpha value is -2.21. The average Bonchev–Trinajstić information content (AvgIpc) is 3.31. The Morgan fingerprint density at radius 1 is 0.939 bits per heavy atom. The normalized spacial score (nSPS) is 22.5. The highest BCUT2D eigenvalue weighted by atomic mass is 35.5. The third-order valence-corrected chi connectivity index (χ3v) is 4.51. The lowest BCUT2D eigenvalue weighted by Crippen LogP contribution is -2.25. The number of nitrogens with two attached hydrogens (primary N) is 2. The van der Waals surface area contributed by atoms with Crippen LogP contribution in [0.3, 0.4) is 0 Å². The molecule has 184 valence electrons. The number of halogens is 1. The molecule has 4 heterocycles. The van der Waals surface area contributed by atoms with Crippen molar-refractivity contribution in [2.75, 3.05) is 37.9 Å². The molecular formula is C22H33ClN4O6. The molecule has 0 amide bonds. The van der Waals surface area contributed by atoms with E-state index in [4.69, 9.17) is 51.9 Å². The van der Waals surface area contributed by atoms with Gasteiger partial charge in [0.05, 0.1) is 31.0 Å². The van der Waals surface area contributed by atoms with Crippen LogP contribution in [0.25, 0.3) is 0 Å². The Labute approximate surface area is 199 Å². The lowest BCUT2D eigenvalue weighted by atomic mass is 10.4. The number of hydrogen-bond acceptors (Lipinski definition) is 10. The van der Waals surface area contributed by atoms with Gasteiger partial charge in [0.1, 0.15) is 36.2 Å². The lowest BCUT2D eigenvalue weighted by molar-refractivity contribution is -0.142. The van der Waals surface area contributed by atoms with Crippen LogP contribution in [0.5, 0.6) is 5.75 Å². The van der Waals surface area contributed by atoms with Gasteiger partial charge >= 0.3 is 0 Å². The third kappa shape index (κ3) is 10.5. The molecule has 2 aliphatic rings. The second-order valence-corrected chi connectivity index (χ2v) is 8.65. The summed E-state index contributed by atoms with van der Waals surface area (Å²) < 4.78 is 26.9. The van der Waals surface area contributed by atoms with Crippen molar-refractivity contribution >= 4 is 23.2 Å². The number of rotatable bonds is 4. The molecule has 10 nitrogen and oxygen atoms in total. The van der Waals surface area contributed by atoms with Gasteiger partial charge in [-0.3, -0.25) is 0 Å². The quantitative estimate of drug-likeness (QED) is 0.592. The van der Waals surface area contributed by atoms with E-state index in [9.17, 15) is 0 Å². The van der Waals surface area contributed by atoms with Crippen LogP contribution in [0.1, 0.15) is 27.7 Å². The molecule has 0 aromatic carbocycles. The molecule has 0 radical (unpaired) electrons. The van der Waals surface area contributed by atoms with Crippen LogP contribution in [-0.4, -0.2) is 65.3 Å². The van der Waals surface area contributed by atoms with Crippen LogP contribution in [-0.2, 0) is 18.9 Å². The van der Waals surface area contributed by atoms with Crippen LogP contribution in [0.2, 0.25) is 5.02 Å². The first-order chi connectivity index (χ1) is 15.5. The fraction of sp³-hybridized carbons (Fsp3) is 0.545. The van der Waals surface area contributed by atoms with Gasteiger partial charge in [-0.1, -0.05) is 11.6 Å². The number of nitrogens with zero attached hydrogens (tertiary/aromatic N) is 2. The third-order valence-electron chi connectivity index (χ3n) is 4.28. The zero-order valence-electron chi connectivity index (χ0n) is 19.4. The minimum absolute atomic E-state index is 0.0347. The molecule has 2 fully saturated rings. The Morgan fingerprint density at radius 3 is 1.85 bits per heavy atom. The van der Waals surface area contributed by atoms with Crippen molar-refractivity contribution in [3.05, 3.63) is 41.7 Å². The summed E-state index contributed by atoms with van der Waals surface area (Å²) in [6.45, 7) is 9.00. The maximum Gasteiger partial charge on any atom is 0.163 e. The second kappa shape index (κ2) is 12.3. The first kappa shape index (κ1) is 27.0. The molecule has 2 aliphatic heterocycles. The van der Waals surface area contributed by atoms with Gasteiger partial charge in [0, 0.05) is 6.20 Å². The molecule has 0 saturated carbocycles. The summed E-state index contributed by atoms with van der Waals surface area (Å²) in [7, 11) is 0. The summed E-state index contributed by atoms with van der Waals surface area (Å²) >= 11 is 5.49. The minimum atomic E-state index is -0.507. The smallest absolute Gasteiger partial charge is 0.163 e. The molecule has 2 saturated heterocycles. The molecule has 0 unspecified atom stereocenters. The Balaban J connectivity index is 0.000000192. The number of pyridine rings is 2. The molecule has 2 atom stereocenters. The molecule has 0 bridgehead atoms. The van der Waals surface area contributed by atoms with E-state index < -0.39 is 11.6 Å². The molecule has 33 heavy (non-hydrogen) atoms. The van der Waals surface area contributed by atoms with Gasteiger partial charge in [-0.15, -0.1) is 0 Å². The van der Waals surface area contributed by atoms with E-state index in [2.05, 4.69) is 9.97 Å². The van der Waals surface area contributed by atoms with E-state index in [-0.39, 0.29) is 18.8 Å². The van der Waals surface area contributed by atoms with Gasteiger partial charge in [-0.25, -0.2) is 9.97 Å². The van der Waals surface area contributed by atoms with Crippen LogP contribution < -0.4 is 16.2 Å². The summed E-state index contributed by atoms with van der Waals surface area (Å²) in [4.78, 5) is 7.66. The van der Waals surface area contributed by atoms with Crippen LogP contribution in [0, 0.1) is 0 Å². The Bertz CT molecular complexity index is 815. The van der Waals surface area contributed by atoms with E-state index in [1.807, 2.05) is 27.7 Å². The van der Waals surface area contributed by atoms with E-state index >= 15 is 0 Å². The number of anilines is 2. The van der Waals surface area contributed by atoms with Crippen LogP contribution in [0.15, 0.2) is 36.7 Å². The van der Waals surface area contributed by atoms with Crippen molar-refractivity contribution in [2.45, 2.75) is 51.5 Å². The molecular weight excluding hydrogens is 452 g/mol. The number of hydrogen-bond donors (Lipinski definition) is 3. The van der Waals surface area contributed by atoms with Gasteiger partial charge in [0.25, 0.3) is 0 Å². The highest BCUT2D eigenvalue weighted by Crippen LogP contribution is 2.23. The van der Waals surface area contributed by atoms with Crippen molar-refractivity contribution in [3.63, 3.8) is 0 Å². The summed E-state index contributed by atoms with van der Waals surface area (Å²) in [5.74, 6) is 0.659. The van der Waals surface area contributed by atoms with Gasteiger partial charge in [-0.05, 0) is 52.0 Å². The largest absolute Gasteiger partial charge is 0.489 e. The van der Waals surface area contributed by atoms with E-state index in [0.717, 1.165) is 0 Å². The number of aromatic nitrogens is 2. The topological polar surface area (TPSA) is 144 Å². The van der Waals surface area contributed by atoms with Crippen LogP contribution >= 0.6 is 11.6 Å².